The van der Waals surface area contributed by atoms with Crippen LogP contribution in [0.15, 0.2) is 42.5 Å². The molecule has 16 heavy (non-hydrogen) atoms. The molecule has 2 heteroatoms. The number of rotatable bonds is 1. The standard InChI is InChI=1S/C14H15P.H3N/c1-10-8-9-13(14(15)11(10)2)12-6-4-3-5-7-12;/h3-9H,15H2,1-2H3;1H3. The van der Waals surface area contributed by atoms with E-state index in [4.69, 9.17) is 0 Å². The summed E-state index contributed by atoms with van der Waals surface area (Å²) in [6.07, 6.45) is 0. The van der Waals surface area contributed by atoms with Crippen LogP contribution in [0.3, 0.4) is 0 Å². The van der Waals surface area contributed by atoms with Crippen LogP contribution in [0.1, 0.15) is 11.1 Å². The van der Waals surface area contributed by atoms with E-state index in [1.165, 1.54) is 27.6 Å². The van der Waals surface area contributed by atoms with Crippen LogP contribution in [0, 0.1) is 13.8 Å². The molecule has 3 N–H and O–H groups in total. The number of hydrogen-bond acceptors (Lipinski definition) is 1. The highest BCUT2D eigenvalue weighted by atomic mass is 31.0. The second-order valence-corrected chi connectivity index (χ2v) is 4.41. The fourth-order valence-electron chi connectivity index (χ4n) is 1.71. The topological polar surface area (TPSA) is 35.0 Å². The van der Waals surface area contributed by atoms with Gasteiger partial charge in [-0.05, 0) is 41.4 Å². The largest absolute Gasteiger partial charge is 0.344 e. The van der Waals surface area contributed by atoms with Gasteiger partial charge in [-0.2, -0.15) is 0 Å². The van der Waals surface area contributed by atoms with Crippen molar-refractivity contribution >= 4 is 14.5 Å². The summed E-state index contributed by atoms with van der Waals surface area (Å²) in [5.41, 5.74) is 5.30. The van der Waals surface area contributed by atoms with Crippen LogP contribution in [0.2, 0.25) is 0 Å². The predicted octanol–water partition coefficient (Wildman–Crippen LogP) is 3.63. The molecule has 0 spiro atoms. The molecule has 0 aliphatic rings. The molecule has 0 aliphatic heterocycles. The van der Waals surface area contributed by atoms with Gasteiger partial charge in [0.2, 0.25) is 0 Å². The van der Waals surface area contributed by atoms with Gasteiger partial charge in [-0.25, -0.2) is 0 Å². The van der Waals surface area contributed by atoms with E-state index in [0.29, 0.717) is 0 Å². The Kier molecular flexibility index (Phi) is 4.23. The number of benzene rings is 2. The molecule has 0 heterocycles. The monoisotopic (exact) mass is 231 g/mol. The maximum Gasteiger partial charge on any atom is -0.0109 e. The van der Waals surface area contributed by atoms with Gasteiger partial charge in [0.05, 0.1) is 0 Å². The lowest BCUT2D eigenvalue weighted by molar-refractivity contribution is 1.37. The van der Waals surface area contributed by atoms with Gasteiger partial charge in [-0.3, -0.25) is 0 Å². The lowest BCUT2D eigenvalue weighted by Crippen LogP contribution is -2.03. The summed E-state index contributed by atoms with van der Waals surface area (Å²) in [4.78, 5) is 0. The lowest BCUT2D eigenvalue weighted by Gasteiger charge is -2.10. The van der Waals surface area contributed by atoms with Gasteiger partial charge in [0.15, 0.2) is 0 Å². The lowest BCUT2D eigenvalue weighted by atomic mass is 10.0. The van der Waals surface area contributed by atoms with Crippen molar-refractivity contribution in [1.82, 2.24) is 6.15 Å². The van der Waals surface area contributed by atoms with Crippen molar-refractivity contribution in [2.75, 3.05) is 0 Å². The SMILES string of the molecule is Cc1ccc(-c2ccccc2)c(P)c1C.N. The summed E-state index contributed by atoms with van der Waals surface area (Å²) in [6, 6.07) is 14.9. The van der Waals surface area contributed by atoms with E-state index in [0.717, 1.165) is 0 Å². The molecule has 0 bridgehead atoms. The molecule has 0 saturated heterocycles. The van der Waals surface area contributed by atoms with E-state index in [9.17, 15) is 0 Å². The Morgan fingerprint density at radius 2 is 1.50 bits per heavy atom. The van der Waals surface area contributed by atoms with E-state index in [2.05, 4.69) is 59.5 Å². The number of aryl methyl sites for hydroxylation is 1. The maximum atomic E-state index is 2.85. The molecule has 2 aromatic rings. The van der Waals surface area contributed by atoms with E-state index >= 15 is 0 Å². The maximum absolute atomic E-state index is 2.85. The van der Waals surface area contributed by atoms with Gasteiger partial charge < -0.3 is 6.15 Å². The average Bonchev–Trinajstić information content (AvgIpc) is 2.27. The molecule has 0 fully saturated rings. The summed E-state index contributed by atoms with van der Waals surface area (Å²) in [7, 11) is 2.85. The van der Waals surface area contributed by atoms with Crippen LogP contribution in [-0.2, 0) is 0 Å². The number of hydrogen-bond donors (Lipinski definition) is 1. The highest BCUT2D eigenvalue weighted by Crippen LogP contribution is 2.21. The Labute approximate surface area is 99.7 Å². The minimum Gasteiger partial charge on any atom is -0.344 e. The van der Waals surface area contributed by atoms with Crippen molar-refractivity contribution < 1.29 is 0 Å². The van der Waals surface area contributed by atoms with Crippen LogP contribution < -0.4 is 11.5 Å². The Bertz CT molecular complexity index is 478. The normalized spacial score (nSPS) is 9.69. The van der Waals surface area contributed by atoms with Crippen LogP contribution in [0.5, 0.6) is 0 Å². The van der Waals surface area contributed by atoms with Crippen LogP contribution in [0.25, 0.3) is 11.1 Å². The molecule has 0 aliphatic carbocycles. The minimum atomic E-state index is 0. The fraction of sp³-hybridized carbons (Fsp3) is 0.143. The van der Waals surface area contributed by atoms with Crippen LogP contribution in [-0.4, -0.2) is 0 Å². The van der Waals surface area contributed by atoms with Gasteiger partial charge in [-0.1, -0.05) is 42.5 Å². The molecular weight excluding hydrogens is 213 g/mol. The molecule has 2 aromatic carbocycles. The smallest absolute Gasteiger partial charge is 0.0109 e. The van der Waals surface area contributed by atoms with E-state index in [1.807, 2.05) is 6.07 Å². The zero-order chi connectivity index (χ0) is 10.8. The summed E-state index contributed by atoms with van der Waals surface area (Å²) >= 11 is 0. The highest BCUT2D eigenvalue weighted by Gasteiger charge is 2.04. The van der Waals surface area contributed by atoms with Crippen molar-refractivity contribution in [2.24, 2.45) is 0 Å². The predicted molar refractivity (Wildman–Crippen MR) is 75.7 cm³/mol. The van der Waals surface area contributed by atoms with Crippen molar-refractivity contribution in [3.63, 3.8) is 0 Å². The first-order chi connectivity index (χ1) is 7.20. The first-order valence-electron chi connectivity index (χ1n) is 5.11. The third-order valence-corrected chi connectivity index (χ3v) is 3.61. The van der Waals surface area contributed by atoms with E-state index in [1.54, 1.807) is 0 Å². The third kappa shape index (κ3) is 2.32. The van der Waals surface area contributed by atoms with Gasteiger partial charge in [0, 0.05) is 0 Å². The quantitative estimate of drug-likeness (QED) is 0.747. The van der Waals surface area contributed by atoms with E-state index in [-0.39, 0.29) is 6.15 Å². The van der Waals surface area contributed by atoms with Gasteiger partial charge in [0.25, 0.3) is 0 Å². The first-order valence-corrected chi connectivity index (χ1v) is 5.69. The second-order valence-electron chi connectivity index (χ2n) is 3.83. The average molecular weight is 231 g/mol. The summed E-state index contributed by atoms with van der Waals surface area (Å²) < 4.78 is 0. The molecule has 0 amide bonds. The van der Waals surface area contributed by atoms with Crippen molar-refractivity contribution in [1.29, 1.82) is 0 Å². The zero-order valence-electron chi connectivity index (χ0n) is 9.83. The summed E-state index contributed by atoms with van der Waals surface area (Å²) in [5.74, 6) is 0. The van der Waals surface area contributed by atoms with Crippen molar-refractivity contribution in [3.8, 4) is 11.1 Å². The molecule has 2 rings (SSSR count). The summed E-state index contributed by atoms with van der Waals surface area (Å²) in [6.45, 7) is 4.32. The minimum absolute atomic E-state index is 0. The zero-order valence-corrected chi connectivity index (χ0v) is 11.0. The Morgan fingerprint density at radius 1 is 0.875 bits per heavy atom. The van der Waals surface area contributed by atoms with Gasteiger partial charge in [-0.15, -0.1) is 9.24 Å². The van der Waals surface area contributed by atoms with Crippen LogP contribution >= 0.6 is 9.24 Å². The molecule has 0 aromatic heterocycles. The summed E-state index contributed by atoms with van der Waals surface area (Å²) in [5, 5.41) is 1.31. The molecule has 1 nitrogen and oxygen atoms in total. The van der Waals surface area contributed by atoms with Crippen molar-refractivity contribution in [2.45, 2.75) is 13.8 Å². The molecule has 0 radical (unpaired) electrons. The Morgan fingerprint density at radius 3 is 2.12 bits per heavy atom. The third-order valence-electron chi connectivity index (χ3n) is 2.87. The van der Waals surface area contributed by atoms with Crippen molar-refractivity contribution in [3.05, 3.63) is 53.6 Å². The molecule has 1 unspecified atom stereocenters. The molecule has 0 saturated carbocycles. The molecule has 1 atom stereocenters. The fourth-order valence-corrected chi connectivity index (χ4v) is 2.20. The van der Waals surface area contributed by atoms with Gasteiger partial charge in [0.1, 0.15) is 0 Å². The first kappa shape index (κ1) is 12.9. The van der Waals surface area contributed by atoms with E-state index < -0.39 is 0 Å². The second kappa shape index (κ2) is 5.25. The Balaban J connectivity index is 0.00000128. The van der Waals surface area contributed by atoms with Gasteiger partial charge >= 0.3 is 0 Å². The molecule has 84 valence electrons. The van der Waals surface area contributed by atoms with Crippen LogP contribution in [0.4, 0.5) is 0 Å². The Hall–Kier alpha value is -1.17. The molecular formula is C14H18NP. The highest BCUT2D eigenvalue weighted by molar-refractivity contribution is 7.28.